The van der Waals surface area contributed by atoms with E-state index in [1.807, 2.05) is 19.9 Å². The molecule has 0 saturated heterocycles. The minimum absolute atomic E-state index is 0.265. The van der Waals surface area contributed by atoms with E-state index in [9.17, 15) is 18.0 Å². The van der Waals surface area contributed by atoms with Crippen molar-refractivity contribution in [3.63, 3.8) is 0 Å². The highest BCUT2D eigenvalue weighted by Crippen LogP contribution is 2.26. The summed E-state index contributed by atoms with van der Waals surface area (Å²) < 4.78 is 31.2. The second-order valence-corrected chi connectivity index (χ2v) is 9.07. The predicted molar refractivity (Wildman–Crippen MR) is 118 cm³/mol. The molecule has 0 bridgehead atoms. The average molecular weight is 433 g/mol. The molecule has 0 aliphatic carbocycles. The molecule has 1 amide bonds. The fraction of sp³-hybridized carbons (Fsp3) is 0.364. The van der Waals surface area contributed by atoms with Gasteiger partial charge in [-0.05, 0) is 68.1 Å². The fourth-order valence-corrected chi connectivity index (χ4v) is 4.44. The van der Waals surface area contributed by atoms with Crippen molar-refractivity contribution in [3.05, 3.63) is 58.7 Å². The van der Waals surface area contributed by atoms with E-state index in [1.54, 1.807) is 44.2 Å². The van der Waals surface area contributed by atoms with Crippen molar-refractivity contribution in [1.82, 2.24) is 0 Å². The Labute approximate surface area is 178 Å². The lowest BCUT2D eigenvalue weighted by Gasteiger charge is -2.30. The van der Waals surface area contributed by atoms with Crippen LogP contribution in [0.2, 0.25) is 0 Å². The molecule has 0 aliphatic rings. The zero-order valence-electron chi connectivity index (χ0n) is 18.1. The molecule has 8 heteroatoms. The van der Waals surface area contributed by atoms with Crippen LogP contribution in [-0.4, -0.2) is 39.7 Å². The fourth-order valence-electron chi connectivity index (χ4n) is 3.24. The number of amides is 1. The maximum atomic E-state index is 13.1. The second kappa shape index (κ2) is 9.30. The van der Waals surface area contributed by atoms with Crippen LogP contribution in [-0.2, 0) is 19.6 Å². The first-order valence-corrected chi connectivity index (χ1v) is 11.4. The number of nitrogens with zero attached hydrogens (tertiary/aromatic N) is 1. The van der Waals surface area contributed by atoms with Gasteiger partial charge < -0.3 is 10.1 Å². The lowest BCUT2D eigenvalue weighted by atomic mass is 10.1. The minimum atomic E-state index is -3.73. The summed E-state index contributed by atoms with van der Waals surface area (Å²) in [6.45, 7) is 7.27. The molecule has 2 rings (SSSR count). The van der Waals surface area contributed by atoms with E-state index < -0.39 is 27.9 Å². The quantitative estimate of drug-likeness (QED) is 0.675. The van der Waals surface area contributed by atoms with Crippen LogP contribution in [0.3, 0.4) is 0 Å². The van der Waals surface area contributed by atoms with E-state index in [4.69, 9.17) is 4.74 Å². The Balaban J connectivity index is 2.44. The summed E-state index contributed by atoms with van der Waals surface area (Å²) in [7, 11) is -2.45. The van der Waals surface area contributed by atoms with Crippen molar-refractivity contribution in [1.29, 1.82) is 0 Å². The largest absolute Gasteiger partial charge is 0.465 e. The number of hydrogen-bond donors (Lipinski definition) is 1. The number of methoxy groups -OCH3 is 1. The van der Waals surface area contributed by atoms with E-state index >= 15 is 0 Å². The third-order valence-electron chi connectivity index (χ3n) is 5.07. The molecular weight excluding hydrogens is 404 g/mol. The van der Waals surface area contributed by atoms with Crippen LogP contribution in [0.1, 0.15) is 40.4 Å². The number of benzene rings is 2. The summed E-state index contributed by atoms with van der Waals surface area (Å²) in [5.41, 5.74) is 3.69. The van der Waals surface area contributed by atoms with E-state index in [0.717, 1.165) is 21.7 Å². The van der Waals surface area contributed by atoms with Gasteiger partial charge in [0.25, 0.3) is 0 Å². The highest BCUT2D eigenvalue weighted by Gasteiger charge is 2.32. The van der Waals surface area contributed by atoms with Crippen LogP contribution in [0.15, 0.2) is 36.4 Å². The first-order chi connectivity index (χ1) is 14.0. The summed E-state index contributed by atoms with van der Waals surface area (Å²) in [4.78, 5) is 25.1. The standard InChI is InChI=1S/C22H28N2O5S/c1-7-20(24(30(6,27)28)17-12-11-14(2)15(3)13-17)21(25)23-19-10-8-9-18(16(19)4)22(26)29-5/h8-13,20H,7H2,1-6H3,(H,23,25)/t20-/m0/s1. The first kappa shape index (κ1) is 23.4. The number of sulfonamides is 1. The van der Waals surface area contributed by atoms with Crippen LogP contribution < -0.4 is 9.62 Å². The summed E-state index contributed by atoms with van der Waals surface area (Å²) in [6, 6.07) is 9.23. The smallest absolute Gasteiger partial charge is 0.338 e. The Morgan fingerprint density at radius 3 is 2.30 bits per heavy atom. The Bertz CT molecular complexity index is 1060. The maximum absolute atomic E-state index is 13.1. The Morgan fingerprint density at radius 2 is 1.77 bits per heavy atom. The summed E-state index contributed by atoms with van der Waals surface area (Å²) >= 11 is 0. The van der Waals surface area contributed by atoms with Crippen molar-refractivity contribution >= 4 is 33.3 Å². The monoisotopic (exact) mass is 432 g/mol. The van der Waals surface area contributed by atoms with Gasteiger partial charge >= 0.3 is 5.97 Å². The third-order valence-corrected chi connectivity index (χ3v) is 6.25. The van der Waals surface area contributed by atoms with Crippen LogP contribution in [0.25, 0.3) is 0 Å². The number of anilines is 2. The topological polar surface area (TPSA) is 92.8 Å². The molecule has 0 aromatic heterocycles. The number of carbonyl (C=O) groups excluding carboxylic acids is 2. The molecule has 0 unspecified atom stereocenters. The van der Waals surface area contributed by atoms with Crippen molar-refractivity contribution in [3.8, 4) is 0 Å². The van der Waals surface area contributed by atoms with Gasteiger partial charge in [-0.1, -0.05) is 19.1 Å². The van der Waals surface area contributed by atoms with E-state index in [-0.39, 0.29) is 6.42 Å². The molecule has 7 nitrogen and oxygen atoms in total. The average Bonchev–Trinajstić information content (AvgIpc) is 2.68. The van der Waals surface area contributed by atoms with Crippen LogP contribution in [0.5, 0.6) is 0 Å². The lowest BCUT2D eigenvalue weighted by Crippen LogP contribution is -2.47. The Kier molecular flexibility index (Phi) is 7.25. The molecular formula is C22H28N2O5S. The highest BCUT2D eigenvalue weighted by atomic mass is 32.2. The summed E-state index contributed by atoms with van der Waals surface area (Å²) in [5, 5.41) is 2.78. The molecule has 30 heavy (non-hydrogen) atoms. The van der Waals surface area contributed by atoms with Gasteiger partial charge in [-0.2, -0.15) is 0 Å². The molecule has 162 valence electrons. The number of esters is 1. The number of aryl methyl sites for hydroxylation is 2. The Morgan fingerprint density at radius 1 is 1.10 bits per heavy atom. The number of rotatable bonds is 7. The van der Waals surface area contributed by atoms with Crippen molar-refractivity contribution in [2.45, 2.75) is 40.2 Å². The molecule has 2 aromatic rings. The minimum Gasteiger partial charge on any atom is -0.465 e. The molecule has 2 aromatic carbocycles. The zero-order valence-corrected chi connectivity index (χ0v) is 19.0. The second-order valence-electron chi connectivity index (χ2n) is 7.21. The Hall–Kier alpha value is -2.87. The van der Waals surface area contributed by atoms with Gasteiger partial charge in [-0.15, -0.1) is 0 Å². The number of nitrogens with one attached hydrogen (secondary N) is 1. The van der Waals surface area contributed by atoms with Crippen LogP contribution >= 0.6 is 0 Å². The number of ether oxygens (including phenoxy) is 1. The molecule has 0 radical (unpaired) electrons. The molecule has 0 spiro atoms. The molecule has 0 fully saturated rings. The molecule has 1 N–H and O–H groups in total. The summed E-state index contributed by atoms with van der Waals surface area (Å²) in [6.07, 6.45) is 1.35. The van der Waals surface area contributed by atoms with Gasteiger partial charge in [0.1, 0.15) is 6.04 Å². The van der Waals surface area contributed by atoms with E-state index in [2.05, 4.69) is 5.32 Å². The normalized spacial score (nSPS) is 12.2. The predicted octanol–water partition coefficient (Wildman–Crippen LogP) is 3.58. The van der Waals surface area contributed by atoms with Crippen molar-refractivity contribution in [2.75, 3.05) is 23.0 Å². The van der Waals surface area contributed by atoms with E-state index in [0.29, 0.717) is 22.5 Å². The van der Waals surface area contributed by atoms with Crippen LogP contribution in [0, 0.1) is 20.8 Å². The molecule has 1 atom stereocenters. The third kappa shape index (κ3) is 4.99. The van der Waals surface area contributed by atoms with Crippen molar-refractivity contribution < 1.29 is 22.7 Å². The first-order valence-electron chi connectivity index (χ1n) is 9.56. The number of carbonyl (C=O) groups is 2. The van der Waals surface area contributed by atoms with Gasteiger partial charge in [0, 0.05) is 5.69 Å². The summed E-state index contributed by atoms with van der Waals surface area (Å²) in [5.74, 6) is -0.991. The van der Waals surface area contributed by atoms with E-state index in [1.165, 1.54) is 7.11 Å². The number of hydrogen-bond acceptors (Lipinski definition) is 5. The van der Waals surface area contributed by atoms with Gasteiger partial charge in [-0.25, -0.2) is 13.2 Å². The van der Waals surface area contributed by atoms with Gasteiger partial charge in [0.05, 0.1) is 24.6 Å². The van der Waals surface area contributed by atoms with Crippen molar-refractivity contribution in [2.24, 2.45) is 0 Å². The SMILES string of the molecule is CC[C@@H](C(=O)Nc1cccc(C(=O)OC)c1C)N(c1ccc(C)c(C)c1)S(C)(=O)=O. The highest BCUT2D eigenvalue weighted by molar-refractivity contribution is 7.92. The zero-order chi connectivity index (χ0) is 22.6. The molecule has 0 aliphatic heterocycles. The van der Waals surface area contributed by atoms with Gasteiger partial charge in [0.2, 0.25) is 15.9 Å². The van der Waals surface area contributed by atoms with Gasteiger partial charge in [-0.3, -0.25) is 9.10 Å². The maximum Gasteiger partial charge on any atom is 0.338 e. The molecule has 0 saturated carbocycles. The lowest BCUT2D eigenvalue weighted by molar-refractivity contribution is -0.117. The van der Waals surface area contributed by atoms with Gasteiger partial charge in [0.15, 0.2) is 0 Å². The van der Waals surface area contributed by atoms with Crippen LogP contribution in [0.4, 0.5) is 11.4 Å². The molecule has 0 heterocycles.